The van der Waals surface area contributed by atoms with Crippen LogP contribution in [-0.4, -0.2) is 19.6 Å². The Hall–Kier alpha value is -1.09. The van der Waals surface area contributed by atoms with Crippen molar-refractivity contribution in [3.63, 3.8) is 0 Å². The molecule has 21 heavy (non-hydrogen) atoms. The maximum atomic E-state index is 12.2. The first-order valence-corrected chi connectivity index (χ1v) is 8.64. The summed E-state index contributed by atoms with van der Waals surface area (Å²) >= 11 is 3.04. The number of hydrogen-bond donors (Lipinski definition) is 2. The van der Waals surface area contributed by atoms with Crippen LogP contribution >= 0.6 is 15.9 Å². The van der Waals surface area contributed by atoms with E-state index in [0.717, 1.165) is 5.76 Å². The highest BCUT2D eigenvalue weighted by atomic mass is 79.9. The molecule has 2 aromatic rings. The molecule has 2 heterocycles. The molecule has 0 fully saturated rings. The van der Waals surface area contributed by atoms with E-state index in [1.54, 1.807) is 19.3 Å². The van der Waals surface area contributed by atoms with Crippen molar-refractivity contribution < 1.29 is 22.4 Å². The van der Waals surface area contributed by atoms with Crippen LogP contribution in [0.4, 0.5) is 0 Å². The summed E-state index contributed by atoms with van der Waals surface area (Å²) in [6, 6.07) is 4.68. The molecule has 2 aromatic heterocycles. The first-order chi connectivity index (χ1) is 9.92. The van der Waals surface area contributed by atoms with Gasteiger partial charge in [0.05, 0.1) is 6.26 Å². The second-order valence-corrected chi connectivity index (χ2v) is 7.05. The molecule has 0 aliphatic carbocycles. The van der Waals surface area contributed by atoms with Crippen LogP contribution in [0.25, 0.3) is 0 Å². The highest BCUT2D eigenvalue weighted by Crippen LogP contribution is 2.26. The number of halogens is 1. The summed E-state index contributed by atoms with van der Waals surface area (Å²) in [6.45, 7) is 1.42. The molecule has 0 saturated heterocycles. The van der Waals surface area contributed by atoms with Gasteiger partial charge in [0.2, 0.25) is 10.0 Å². The summed E-state index contributed by atoms with van der Waals surface area (Å²) in [7, 11) is -3.70. The molecule has 0 radical (unpaired) electrons. The lowest BCUT2D eigenvalue weighted by molar-refractivity contribution is 0.245. The number of rotatable bonds is 7. The Labute approximate surface area is 131 Å². The van der Waals surface area contributed by atoms with Crippen LogP contribution in [0.1, 0.15) is 24.9 Å². The quantitative estimate of drug-likeness (QED) is 0.772. The van der Waals surface area contributed by atoms with Gasteiger partial charge in [-0.3, -0.25) is 0 Å². The zero-order valence-corrected chi connectivity index (χ0v) is 13.8. The van der Waals surface area contributed by atoms with Crippen LogP contribution < -0.4 is 4.72 Å². The Morgan fingerprint density at radius 1 is 1.43 bits per heavy atom. The minimum atomic E-state index is -3.70. The van der Waals surface area contributed by atoms with Crippen molar-refractivity contribution in [1.82, 2.24) is 4.72 Å². The van der Waals surface area contributed by atoms with Crippen molar-refractivity contribution >= 4 is 26.0 Å². The summed E-state index contributed by atoms with van der Waals surface area (Å²) in [5, 5.41) is 8.97. The van der Waals surface area contributed by atoms with Crippen LogP contribution in [0.5, 0.6) is 0 Å². The van der Waals surface area contributed by atoms with Gasteiger partial charge in [-0.2, -0.15) is 0 Å². The van der Waals surface area contributed by atoms with Crippen molar-refractivity contribution in [2.75, 3.05) is 0 Å². The lowest BCUT2D eigenvalue weighted by Gasteiger charge is -2.12. The van der Waals surface area contributed by atoms with E-state index in [1.165, 1.54) is 6.07 Å². The molecular formula is C13H16BrNO5S. The van der Waals surface area contributed by atoms with E-state index < -0.39 is 10.0 Å². The van der Waals surface area contributed by atoms with E-state index in [9.17, 15) is 8.42 Å². The minimum absolute atomic E-state index is 0.0172. The minimum Gasteiger partial charge on any atom is -0.469 e. The predicted octanol–water partition coefficient (Wildman–Crippen LogP) is 2.43. The largest absolute Gasteiger partial charge is 0.469 e. The molecule has 2 N–H and O–H groups in total. The molecule has 0 aromatic carbocycles. The van der Waals surface area contributed by atoms with E-state index >= 15 is 0 Å². The molecule has 0 saturated carbocycles. The predicted molar refractivity (Wildman–Crippen MR) is 79.1 cm³/mol. The SMILES string of the molecule is CC(CCc1ccco1)NS(=O)(=O)c1cc(CO)oc1Br. The normalized spacial score (nSPS) is 13.5. The molecule has 0 aliphatic rings. The highest BCUT2D eigenvalue weighted by Gasteiger charge is 2.24. The van der Waals surface area contributed by atoms with Gasteiger partial charge in [0, 0.05) is 18.5 Å². The summed E-state index contributed by atoms with van der Waals surface area (Å²) in [5.74, 6) is 0.999. The molecule has 1 atom stereocenters. The van der Waals surface area contributed by atoms with E-state index in [1.807, 2.05) is 6.07 Å². The van der Waals surface area contributed by atoms with Crippen molar-refractivity contribution in [2.24, 2.45) is 0 Å². The molecule has 0 bridgehead atoms. The summed E-state index contributed by atoms with van der Waals surface area (Å²) in [4.78, 5) is -0.0172. The molecule has 116 valence electrons. The second kappa shape index (κ2) is 6.78. The maximum absolute atomic E-state index is 12.2. The van der Waals surface area contributed by atoms with E-state index in [4.69, 9.17) is 13.9 Å². The molecule has 0 spiro atoms. The summed E-state index contributed by atoms with van der Waals surface area (Å²) in [6.07, 6.45) is 2.84. The standard InChI is InChI=1S/C13H16BrNO5S/c1-9(4-5-10-3-2-6-19-10)15-21(17,18)12-7-11(8-16)20-13(12)14/h2-3,6-7,9,15-16H,4-5,8H2,1H3. The molecule has 0 aliphatic heterocycles. The topological polar surface area (TPSA) is 92.7 Å². The molecule has 0 amide bonds. The van der Waals surface area contributed by atoms with Gasteiger partial charge in [0.1, 0.15) is 23.0 Å². The second-order valence-electron chi connectivity index (χ2n) is 4.65. The number of aryl methyl sites for hydroxylation is 1. The van der Waals surface area contributed by atoms with Gasteiger partial charge in [0.15, 0.2) is 4.67 Å². The Kier molecular flexibility index (Phi) is 5.26. The summed E-state index contributed by atoms with van der Waals surface area (Å²) < 4.78 is 37.4. The van der Waals surface area contributed by atoms with Gasteiger partial charge in [0.25, 0.3) is 0 Å². The Balaban J connectivity index is 2.00. The van der Waals surface area contributed by atoms with E-state index in [2.05, 4.69) is 20.7 Å². The number of hydrogen-bond acceptors (Lipinski definition) is 5. The average molecular weight is 378 g/mol. The maximum Gasteiger partial charge on any atom is 0.245 e. The monoisotopic (exact) mass is 377 g/mol. The Bertz CT molecular complexity index is 677. The third kappa shape index (κ3) is 4.19. The molecule has 1 unspecified atom stereocenters. The smallest absolute Gasteiger partial charge is 0.245 e. The fourth-order valence-corrected chi connectivity index (χ4v) is 4.14. The zero-order valence-electron chi connectivity index (χ0n) is 11.4. The van der Waals surface area contributed by atoms with Crippen LogP contribution in [0.3, 0.4) is 0 Å². The summed E-state index contributed by atoms with van der Waals surface area (Å²) in [5.41, 5.74) is 0. The number of aliphatic hydroxyl groups excluding tert-OH is 1. The lowest BCUT2D eigenvalue weighted by atomic mass is 10.2. The van der Waals surface area contributed by atoms with Crippen molar-refractivity contribution in [2.45, 2.75) is 37.3 Å². The van der Waals surface area contributed by atoms with E-state index in [-0.39, 0.29) is 28.0 Å². The van der Waals surface area contributed by atoms with Gasteiger partial charge in [-0.05, 0) is 41.4 Å². The molecule has 2 rings (SSSR count). The van der Waals surface area contributed by atoms with Crippen molar-refractivity contribution in [1.29, 1.82) is 0 Å². The van der Waals surface area contributed by atoms with Crippen molar-refractivity contribution in [3.05, 3.63) is 40.7 Å². The van der Waals surface area contributed by atoms with Crippen LogP contribution in [0.2, 0.25) is 0 Å². The van der Waals surface area contributed by atoms with Crippen LogP contribution in [0, 0.1) is 0 Å². The van der Waals surface area contributed by atoms with Crippen LogP contribution in [-0.2, 0) is 23.1 Å². The third-order valence-electron chi connectivity index (χ3n) is 2.91. The van der Waals surface area contributed by atoms with Gasteiger partial charge in [-0.1, -0.05) is 0 Å². The van der Waals surface area contributed by atoms with Gasteiger partial charge >= 0.3 is 0 Å². The van der Waals surface area contributed by atoms with Gasteiger partial charge in [-0.25, -0.2) is 13.1 Å². The van der Waals surface area contributed by atoms with Gasteiger partial charge < -0.3 is 13.9 Å². The number of aliphatic hydroxyl groups is 1. The Morgan fingerprint density at radius 3 is 2.76 bits per heavy atom. The fraction of sp³-hybridized carbons (Fsp3) is 0.385. The van der Waals surface area contributed by atoms with Gasteiger partial charge in [-0.15, -0.1) is 0 Å². The third-order valence-corrected chi connectivity index (χ3v) is 5.36. The van der Waals surface area contributed by atoms with E-state index in [0.29, 0.717) is 12.8 Å². The molecular weight excluding hydrogens is 362 g/mol. The first-order valence-electron chi connectivity index (χ1n) is 6.36. The number of nitrogens with one attached hydrogen (secondary N) is 1. The number of furan rings is 2. The lowest BCUT2D eigenvalue weighted by Crippen LogP contribution is -2.32. The zero-order chi connectivity index (χ0) is 15.5. The Morgan fingerprint density at radius 2 is 2.19 bits per heavy atom. The first kappa shape index (κ1) is 16.3. The van der Waals surface area contributed by atoms with Crippen molar-refractivity contribution in [3.8, 4) is 0 Å². The molecule has 8 heteroatoms. The average Bonchev–Trinajstić information content (AvgIpc) is 3.04. The highest BCUT2D eigenvalue weighted by molar-refractivity contribution is 9.10. The van der Waals surface area contributed by atoms with Crippen LogP contribution in [0.15, 0.2) is 42.9 Å². The fourth-order valence-electron chi connectivity index (χ4n) is 1.86. The number of sulfonamides is 1. The molecule has 6 nitrogen and oxygen atoms in total.